The number of fused-ring (bicyclic) bond motifs is 1. The van der Waals surface area contributed by atoms with Crippen LogP contribution >= 0.6 is 0 Å². The van der Waals surface area contributed by atoms with Crippen molar-refractivity contribution in [3.8, 4) is 0 Å². The summed E-state index contributed by atoms with van der Waals surface area (Å²) in [5, 5.41) is 9.97. The molecule has 1 unspecified atom stereocenters. The van der Waals surface area contributed by atoms with E-state index < -0.39 is 12.0 Å². The van der Waals surface area contributed by atoms with E-state index in [2.05, 4.69) is 0 Å². The van der Waals surface area contributed by atoms with E-state index >= 15 is 0 Å². The molecule has 1 saturated heterocycles. The van der Waals surface area contributed by atoms with Crippen LogP contribution in [0.2, 0.25) is 0 Å². The van der Waals surface area contributed by atoms with E-state index in [0.717, 1.165) is 23.8 Å². The van der Waals surface area contributed by atoms with Crippen LogP contribution in [0, 0.1) is 0 Å². The maximum atomic E-state index is 12.6. The predicted molar refractivity (Wildman–Crippen MR) is 77.3 cm³/mol. The zero-order valence-corrected chi connectivity index (χ0v) is 11.8. The van der Waals surface area contributed by atoms with Gasteiger partial charge in [-0.3, -0.25) is 4.79 Å². The number of rotatable bonds is 3. The third-order valence-corrected chi connectivity index (χ3v) is 4.08. The lowest BCUT2D eigenvalue weighted by Crippen LogP contribution is -2.40. The summed E-state index contributed by atoms with van der Waals surface area (Å²) < 4.78 is 5.43. The maximum absolute atomic E-state index is 12.6. The molecule has 21 heavy (non-hydrogen) atoms. The van der Waals surface area contributed by atoms with Crippen molar-refractivity contribution in [1.29, 1.82) is 0 Å². The Bertz CT molecular complexity index is 703. The molecule has 1 N–H and O–H groups in total. The molecule has 0 bridgehead atoms. The highest BCUT2D eigenvalue weighted by atomic mass is 16.4. The molecule has 1 aliphatic rings. The molecule has 0 radical (unpaired) electrons. The van der Waals surface area contributed by atoms with E-state index in [1.807, 2.05) is 25.1 Å². The Morgan fingerprint density at radius 2 is 2.24 bits per heavy atom. The van der Waals surface area contributed by atoms with Gasteiger partial charge >= 0.3 is 5.97 Å². The van der Waals surface area contributed by atoms with Gasteiger partial charge in [0.2, 0.25) is 0 Å². The number of hydrogen-bond donors (Lipinski definition) is 1. The molecular formula is C16H17NO4. The number of nitrogens with zero attached hydrogens (tertiary/aromatic N) is 1. The summed E-state index contributed by atoms with van der Waals surface area (Å²) in [7, 11) is 0. The SMILES string of the molecule is CCc1ccc2occ(C(=O)N3CCCC3C(=O)O)c2c1. The molecule has 5 nitrogen and oxygen atoms in total. The van der Waals surface area contributed by atoms with Gasteiger partial charge in [0.1, 0.15) is 17.9 Å². The summed E-state index contributed by atoms with van der Waals surface area (Å²) in [4.78, 5) is 25.3. The normalized spacial score (nSPS) is 18.3. The molecule has 1 fully saturated rings. The highest BCUT2D eigenvalue weighted by Crippen LogP contribution is 2.27. The average molecular weight is 287 g/mol. The fourth-order valence-corrected chi connectivity index (χ4v) is 2.88. The molecule has 3 rings (SSSR count). The van der Waals surface area contributed by atoms with Gasteiger partial charge in [-0.15, -0.1) is 0 Å². The highest BCUT2D eigenvalue weighted by Gasteiger charge is 2.35. The molecule has 1 aromatic carbocycles. The minimum atomic E-state index is -0.942. The highest BCUT2D eigenvalue weighted by molar-refractivity contribution is 6.07. The number of carbonyl (C=O) groups excluding carboxylic acids is 1. The van der Waals surface area contributed by atoms with Crippen LogP contribution in [0.15, 0.2) is 28.9 Å². The molecule has 110 valence electrons. The summed E-state index contributed by atoms with van der Waals surface area (Å²) >= 11 is 0. The van der Waals surface area contributed by atoms with E-state index in [1.165, 1.54) is 11.2 Å². The van der Waals surface area contributed by atoms with Crippen molar-refractivity contribution < 1.29 is 19.1 Å². The lowest BCUT2D eigenvalue weighted by molar-refractivity contribution is -0.141. The Balaban J connectivity index is 1.99. The van der Waals surface area contributed by atoms with Crippen LogP contribution in [0.1, 0.15) is 35.7 Å². The lowest BCUT2D eigenvalue weighted by atomic mass is 10.1. The van der Waals surface area contributed by atoms with Gasteiger partial charge in [-0.1, -0.05) is 13.0 Å². The number of aliphatic carboxylic acids is 1. The Labute approximate surface area is 122 Å². The van der Waals surface area contributed by atoms with Crippen LogP contribution in [0.5, 0.6) is 0 Å². The summed E-state index contributed by atoms with van der Waals surface area (Å²) in [6.07, 6.45) is 3.54. The van der Waals surface area contributed by atoms with Gasteiger partial charge < -0.3 is 14.4 Å². The number of aryl methyl sites for hydroxylation is 1. The fourth-order valence-electron chi connectivity index (χ4n) is 2.88. The van der Waals surface area contributed by atoms with Crippen LogP contribution < -0.4 is 0 Å². The van der Waals surface area contributed by atoms with Crippen molar-refractivity contribution in [1.82, 2.24) is 4.90 Å². The van der Waals surface area contributed by atoms with E-state index in [4.69, 9.17) is 4.42 Å². The molecule has 1 atom stereocenters. The third kappa shape index (κ3) is 2.28. The van der Waals surface area contributed by atoms with Gasteiger partial charge in [0.05, 0.1) is 5.56 Å². The molecule has 0 aliphatic carbocycles. The van der Waals surface area contributed by atoms with E-state index in [0.29, 0.717) is 24.1 Å². The van der Waals surface area contributed by atoms with Crippen LogP contribution in [0.4, 0.5) is 0 Å². The summed E-state index contributed by atoms with van der Waals surface area (Å²) in [5.41, 5.74) is 2.23. The summed E-state index contributed by atoms with van der Waals surface area (Å²) in [5.74, 6) is -1.20. The number of hydrogen-bond acceptors (Lipinski definition) is 3. The lowest BCUT2D eigenvalue weighted by Gasteiger charge is -2.20. The minimum Gasteiger partial charge on any atom is -0.480 e. The van der Waals surface area contributed by atoms with Crippen molar-refractivity contribution in [2.24, 2.45) is 0 Å². The van der Waals surface area contributed by atoms with Crippen LogP contribution in [0.3, 0.4) is 0 Å². The van der Waals surface area contributed by atoms with Crippen LogP contribution in [0.25, 0.3) is 11.0 Å². The monoisotopic (exact) mass is 287 g/mol. The molecule has 2 heterocycles. The molecule has 1 aliphatic heterocycles. The fraction of sp³-hybridized carbons (Fsp3) is 0.375. The number of likely N-dealkylation sites (tertiary alicyclic amines) is 1. The van der Waals surface area contributed by atoms with E-state index in [1.54, 1.807) is 0 Å². The van der Waals surface area contributed by atoms with E-state index in [-0.39, 0.29) is 5.91 Å². The first kappa shape index (κ1) is 13.7. The second-order valence-corrected chi connectivity index (χ2v) is 5.33. The van der Waals surface area contributed by atoms with Crippen LogP contribution in [-0.4, -0.2) is 34.5 Å². The Morgan fingerprint density at radius 1 is 1.43 bits per heavy atom. The second-order valence-electron chi connectivity index (χ2n) is 5.33. The largest absolute Gasteiger partial charge is 0.480 e. The number of furan rings is 1. The Hall–Kier alpha value is -2.30. The van der Waals surface area contributed by atoms with Crippen molar-refractivity contribution in [2.45, 2.75) is 32.2 Å². The number of amides is 1. The molecule has 5 heteroatoms. The topological polar surface area (TPSA) is 70.8 Å². The van der Waals surface area contributed by atoms with Gasteiger partial charge in [0.15, 0.2) is 0 Å². The first-order valence-corrected chi connectivity index (χ1v) is 7.15. The number of carbonyl (C=O) groups is 2. The zero-order valence-electron chi connectivity index (χ0n) is 11.8. The van der Waals surface area contributed by atoms with Crippen molar-refractivity contribution >= 4 is 22.8 Å². The van der Waals surface area contributed by atoms with Crippen LogP contribution in [-0.2, 0) is 11.2 Å². The Morgan fingerprint density at radius 3 is 2.95 bits per heavy atom. The summed E-state index contributed by atoms with van der Waals surface area (Å²) in [6.45, 7) is 2.53. The number of benzene rings is 1. The van der Waals surface area contributed by atoms with Crippen molar-refractivity contribution in [2.75, 3.05) is 6.54 Å². The predicted octanol–water partition coefficient (Wildman–Crippen LogP) is 2.68. The van der Waals surface area contributed by atoms with E-state index in [9.17, 15) is 14.7 Å². The van der Waals surface area contributed by atoms with Gasteiger partial charge in [-0.05, 0) is 37.0 Å². The van der Waals surface area contributed by atoms with Gasteiger partial charge in [0, 0.05) is 11.9 Å². The smallest absolute Gasteiger partial charge is 0.326 e. The maximum Gasteiger partial charge on any atom is 0.326 e. The first-order valence-electron chi connectivity index (χ1n) is 7.15. The summed E-state index contributed by atoms with van der Waals surface area (Å²) in [6, 6.07) is 5.04. The molecular weight excluding hydrogens is 270 g/mol. The minimum absolute atomic E-state index is 0.257. The van der Waals surface area contributed by atoms with Gasteiger partial charge in [0.25, 0.3) is 5.91 Å². The first-order chi connectivity index (χ1) is 10.1. The number of carboxylic acids is 1. The zero-order chi connectivity index (χ0) is 15.0. The van der Waals surface area contributed by atoms with Gasteiger partial charge in [-0.2, -0.15) is 0 Å². The quantitative estimate of drug-likeness (QED) is 0.942. The van der Waals surface area contributed by atoms with Crippen molar-refractivity contribution in [3.63, 3.8) is 0 Å². The molecule has 1 amide bonds. The van der Waals surface area contributed by atoms with Crippen molar-refractivity contribution in [3.05, 3.63) is 35.6 Å². The standard InChI is InChI=1S/C16H17NO4/c1-2-10-5-6-14-11(8-10)12(9-21-14)15(18)17-7-3-4-13(17)16(19)20/h5-6,8-9,13H,2-4,7H2,1H3,(H,19,20). The molecule has 1 aromatic heterocycles. The molecule has 0 saturated carbocycles. The third-order valence-electron chi connectivity index (χ3n) is 4.08. The Kier molecular flexibility index (Phi) is 3.41. The second kappa shape index (κ2) is 5.24. The number of carboxylic acid groups (broad SMARTS) is 1. The molecule has 0 spiro atoms. The van der Waals surface area contributed by atoms with Gasteiger partial charge in [-0.25, -0.2) is 4.79 Å². The molecule has 2 aromatic rings. The average Bonchev–Trinajstić information content (AvgIpc) is 3.12.